The average molecular weight is 184 g/mol. The third-order valence-electron chi connectivity index (χ3n) is 1.47. The minimum atomic E-state index is -1.01. The topological polar surface area (TPSA) is 49.8 Å². The first-order valence-electron chi connectivity index (χ1n) is 3.62. The van der Waals surface area contributed by atoms with E-state index >= 15 is 0 Å². The molecule has 0 radical (unpaired) electrons. The van der Waals surface area contributed by atoms with Gasteiger partial charge in [0.1, 0.15) is 17.1 Å². The Kier molecular flexibility index (Phi) is 3.20. The van der Waals surface area contributed by atoms with Crippen LogP contribution in [0.25, 0.3) is 0 Å². The summed E-state index contributed by atoms with van der Waals surface area (Å²) >= 11 is 1.19. The minimum Gasteiger partial charge on any atom is -0.330 e. The van der Waals surface area contributed by atoms with Crippen LogP contribution in [0.15, 0.2) is 12.1 Å². The Balaban J connectivity index is 2.69. The fourth-order valence-electron chi connectivity index (χ4n) is 0.870. The van der Waals surface area contributed by atoms with E-state index in [4.69, 9.17) is 11.0 Å². The van der Waals surface area contributed by atoms with Gasteiger partial charge in [-0.1, -0.05) is 0 Å². The van der Waals surface area contributed by atoms with Gasteiger partial charge in [-0.25, -0.2) is 4.39 Å². The molecule has 0 aromatic carbocycles. The minimum absolute atomic E-state index is 0.325. The zero-order valence-corrected chi connectivity index (χ0v) is 7.27. The van der Waals surface area contributed by atoms with Crippen molar-refractivity contribution >= 4 is 11.3 Å². The van der Waals surface area contributed by atoms with Gasteiger partial charge in [-0.2, -0.15) is 5.26 Å². The molecule has 1 aromatic rings. The second-order valence-corrected chi connectivity index (χ2v) is 3.47. The van der Waals surface area contributed by atoms with Crippen molar-refractivity contribution in [3.63, 3.8) is 0 Å². The molecule has 0 amide bonds. The van der Waals surface area contributed by atoms with Gasteiger partial charge in [-0.05, 0) is 25.1 Å². The fourth-order valence-corrected chi connectivity index (χ4v) is 1.69. The van der Waals surface area contributed by atoms with Crippen LogP contribution in [0.2, 0.25) is 0 Å². The van der Waals surface area contributed by atoms with Gasteiger partial charge in [0.05, 0.1) is 0 Å². The second-order valence-electron chi connectivity index (χ2n) is 2.36. The molecule has 0 spiro atoms. The van der Waals surface area contributed by atoms with E-state index in [1.54, 1.807) is 12.1 Å². The molecule has 0 saturated carbocycles. The highest BCUT2D eigenvalue weighted by atomic mass is 32.1. The number of rotatable bonds is 3. The van der Waals surface area contributed by atoms with Crippen molar-refractivity contribution in [2.75, 3.05) is 6.54 Å². The Morgan fingerprint density at radius 1 is 1.67 bits per heavy atom. The molecular formula is C8H9FN2S. The largest absolute Gasteiger partial charge is 0.330 e. The fraction of sp³-hybridized carbons (Fsp3) is 0.375. The van der Waals surface area contributed by atoms with Crippen molar-refractivity contribution in [3.8, 4) is 6.07 Å². The van der Waals surface area contributed by atoms with Crippen LogP contribution in [0.3, 0.4) is 0 Å². The van der Waals surface area contributed by atoms with E-state index in [0.717, 1.165) is 0 Å². The Bertz CT molecular complexity index is 289. The third kappa shape index (κ3) is 2.03. The second kappa shape index (κ2) is 4.19. The summed E-state index contributed by atoms with van der Waals surface area (Å²) in [5.41, 5.74) is 5.21. The molecular weight excluding hydrogens is 175 g/mol. The molecule has 4 heteroatoms. The standard InChI is InChI=1S/C8H9FN2S/c9-7(3-4-10)8-2-1-6(5-11)12-8/h1-2,7H,3-4,10H2. The summed E-state index contributed by atoms with van der Waals surface area (Å²) in [4.78, 5) is 1.14. The molecule has 1 heterocycles. The van der Waals surface area contributed by atoms with Crippen LogP contribution in [0.5, 0.6) is 0 Å². The molecule has 1 aromatic heterocycles. The molecule has 64 valence electrons. The molecule has 2 nitrogen and oxygen atoms in total. The van der Waals surface area contributed by atoms with Gasteiger partial charge in [0.15, 0.2) is 0 Å². The molecule has 2 N–H and O–H groups in total. The highest BCUT2D eigenvalue weighted by Gasteiger charge is 2.10. The summed E-state index contributed by atoms with van der Waals surface area (Å²) in [5.74, 6) is 0. The van der Waals surface area contributed by atoms with E-state index in [2.05, 4.69) is 0 Å². The zero-order chi connectivity index (χ0) is 8.97. The maximum absolute atomic E-state index is 13.1. The molecule has 0 bridgehead atoms. The lowest BCUT2D eigenvalue weighted by atomic mass is 10.2. The van der Waals surface area contributed by atoms with Gasteiger partial charge in [0, 0.05) is 4.88 Å². The first-order valence-corrected chi connectivity index (χ1v) is 4.43. The number of hydrogen-bond acceptors (Lipinski definition) is 3. The summed E-state index contributed by atoms with van der Waals surface area (Å²) in [5, 5.41) is 8.48. The smallest absolute Gasteiger partial charge is 0.135 e. The van der Waals surface area contributed by atoms with Crippen LogP contribution in [0, 0.1) is 11.3 Å². The Morgan fingerprint density at radius 3 is 2.92 bits per heavy atom. The summed E-state index contributed by atoms with van der Waals surface area (Å²) < 4.78 is 13.1. The normalized spacial score (nSPS) is 12.4. The Morgan fingerprint density at radius 2 is 2.42 bits per heavy atom. The van der Waals surface area contributed by atoms with Gasteiger partial charge in [-0.15, -0.1) is 11.3 Å². The average Bonchev–Trinajstić information content (AvgIpc) is 2.52. The molecule has 0 fully saturated rings. The van der Waals surface area contributed by atoms with Gasteiger partial charge in [0.25, 0.3) is 0 Å². The van der Waals surface area contributed by atoms with Gasteiger partial charge in [-0.3, -0.25) is 0 Å². The number of halogens is 1. The molecule has 0 aliphatic heterocycles. The third-order valence-corrected chi connectivity index (χ3v) is 2.54. The number of alkyl halides is 1. The van der Waals surface area contributed by atoms with E-state index in [1.165, 1.54) is 11.3 Å². The van der Waals surface area contributed by atoms with E-state index in [-0.39, 0.29) is 0 Å². The summed E-state index contributed by atoms with van der Waals surface area (Å²) in [6.45, 7) is 0.334. The molecule has 12 heavy (non-hydrogen) atoms. The van der Waals surface area contributed by atoms with E-state index in [1.807, 2.05) is 6.07 Å². The molecule has 0 saturated heterocycles. The van der Waals surface area contributed by atoms with Gasteiger partial charge < -0.3 is 5.73 Å². The SMILES string of the molecule is N#Cc1ccc(C(F)CCN)s1. The van der Waals surface area contributed by atoms with E-state index < -0.39 is 6.17 Å². The van der Waals surface area contributed by atoms with Crippen LogP contribution >= 0.6 is 11.3 Å². The molecule has 0 aliphatic carbocycles. The van der Waals surface area contributed by atoms with Crippen LogP contribution in [-0.2, 0) is 0 Å². The lowest BCUT2D eigenvalue weighted by molar-refractivity contribution is 0.333. The molecule has 1 rings (SSSR count). The first-order chi connectivity index (χ1) is 5.77. The van der Waals surface area contributed by atoms with Crippen LogP contribution in [0.1, 0.15) is 22.3 Å². The number of thiophene rings is 1. The van der Waals surface area contributed by atoms with Gasteiger partial charge in [0.2, 0.25) is 0 Å². The highest BCUT2D eigenvalue weighted by molar-refractivity contribution is 7.12. The summed E-state index contributed by atoms with van der Waals surface area (Å²) in [6.07, 6.45) is -0.687. The van der Waals surface area contributed by atoms with Crippen LogP contribution < -0.4 is 5.73 Å². The maximum atomic E-state index is 13.1. The number of hydrogen-bond donors (Lipinski definition) is 1. The van der Waals surface area contributed by atoms with Crippen LogP contribution in [0.4, 0.5) is 4.39 Å². The monoisotopic (exact) mass is 184 g/mol. The quantitative estimate of drug-likeness (QED) is 0.780. The Labute approximate surface area is 74.4 Å². The number of nitrogens with zero attached hydrogens (tertiary/aromatic N) is 1. The predicted molar refractivity (Wildman–Crippen MR) is 46.6 cm³/mol. The molecule has 1 unspecified atom stereocenters. The predicted octanol–water partition coefficient (Wildman–Crippen LogP) is 1.98. The van der Waals surface area contributed by atoms with Gasteiger partial charge >= 0.3 is 0 Å². The van der Waals surface area contributed by atoms with Crippen molar-refractivity contribution in [2.24, 2.45) is 5.73 Å². The summed E-state index contributed by atoms with van der Waals surface area (Å²) in [6, 6.07) is 5.24. The van der Waals surface area contributed by atoms with E-state index in [9.17, 15) is 4.39 Å². The van der Waals surface area contributed by atoms with Crippen molar-refractivity contribution in [1.82, 2.24) is 0 Å². The lowest BCUT2D eigenvalue weighted by Crippen LogP contribution is -2.02. The molecule has 0 aliphatic rings. The number of nitriles is 1. The number of nitrogens with two attached hydrogens (primary N) is 1. The zero-order valence-electron chi connectivity index (χ0n) is 6.46. The van der Waals surface area contributed by atoms with Crippen molar-refractivity contribution in [3.05, 3.63) is 21.9 Å². The van der Waals surface area contributed by atoms with Crippen molar-refractivity contribution < 1.29 is 4.39 Å². The van der Waals surface area contributed by atoms with Crippen LogP contribution in [-0.4, -0.2) is 6.54 Å². The first kappa shape index (κ1) is 9.17. The lowest BCUT2D eigenvalue weighted by Gasteiger charge is -2.01. The summed E-state index contributed by atoms with van der Waals surface area (Å²) in [7, 11) is 0. The Hall–Kier alpha value is -0.920. The highest BCUT2D eigenvalue weighted by Crippen LogP contribution is 2.27. The van der Waals surface area contributed by atoms with Crippen molar-refractivity contribution in [2.45, 2.75) is 12.6 Å². The maximum Gasteiger partial charge on any atom is 0.135 e. The molecule has 1 atom stereocenters. The van der Waals surface area contributed by atoms with Crippen molar-refractivity contribution in [1.29, 1.82) is 5.26 Å². The van der Waals surface area contributed by atoms with E-state index in [0.29, 0.717) is 22.7 Å².